The van der Waals surface area contributed by atoms with Crippen LogP contribution in [0.3, 0.4) is 0 Å². The summed E-state index contributed by atoms with van der Waals surface area (Å²) >= 11 is 0. The highest BCUT2D eigenvalue weighted by molar-refractivity contribution is 5.33. The van der Waals surface area contributed by atoms with Gasteiger partial charge in [-0.3, -0.25) is 0 Å². The highest BCUT2D eigenvalue weighted by Gasteiger charge is 2.26. The first-order chi connectivity index (χ1) is 9.20. The average Bonchev–Trinajstić information content (AvgIpc) is 2.46. The maximum Gasteiger partial charge on any atom is 0.118 e. The fourth-order valence-electron chi connectivity index (χ4n) is 3.03. The summed E-state index contributed by atoms with van der Waals surface area (Å²) in [4.78, 5) is 2.30. The highest BCUT2D eigenvalue weighted by Crippen LogP contribution is 2.38. The van der Waals surface area contributed by atoms with E-state index in [9.17, 15) is 0 Å². The Morgan fingerprint density at radius 1 is 1.05 bits per heavy atom. The van der Waals surface area contributed by atoms with E-state index >= 15 is 0 Å². The van der Waals surface area contributed by atoms with Crippen LogP contribution in [0.15, 0.2) is 24.3 Å². The second-order valence-electron chi connectivity index (χ2n) is 5.81. The molecule has 0 heterocycles. The zero-order chi connectivity index (χ0) is 13.7. The van der Waals surface area contributed by atoms with E-state index in [0.29, 0.717) is 5.92 Å². The SMILES string of the molecule is COc1ccc(C(CN(C)C)[C]2CCCCC2)cc1. The van der Waals surface area contributed by atoms with Crippen molar-refractivity contribution in [3.05, 3.63) is 35.7 Å². The van der Waals surface area contributed by atoms with Crippen LogP contribution in [0.1, 0.15) is 43.6 Å². The number of rotatable bonds is 5. The Hall–Kier alpha value is -1.02. The fourth-order valence-corrected chi connectivity index (χ4v) is 3.03. The van der Waals surface area contributed by atoms with Gasteiger partial charge in [0.15, 0.2) is 0 Å². The summed E-state index contributed by atoms with van der Waals surface area (Å²) in [7, 11) is 6.06. The van der Waals surface area contributed by atoms with Crippen molar-refractivity contribution in [1.29, 1.82) is 0 Å². The molecule has 19 heavy (non-hydrogen) atoms. The van der Waals surface area contributed by atoms with Gasteiger partial charge in [-0.2, -0.15) is 0 Å². The van der Waals surface area contributed by atoms with Crippen molar-refractivity contribution >= 4 is 0 Å². The second kappa shape index (κ2) is 6.95. The molecule has 1 unspecified atom stereocenters. The molecule has 1 fully saturated rings. The molecule has 1 aromatic carbocycles. The number of likely N-dealkylation sites (N-methyl/N-ethyl adjacent to an activating group) is 1. The lowest BCUT2D eigenvalue weighted by Gasteiger charge is -2.32. The third-order valence-electron chi connectivity index (χ3n) is 4.05. The van der Waals surface area contributed by atoms with Crippen LogP contribution in [0.5, 0.6) is 5.75 Å². The lowest BCUT2D eigenvalue weighted by atomic mass is 9.76. The van der Waals surface area contributed by atoms with Gasteiger partial charge in [0.05, 0.1) is 7.11 Å². The minimum Gasteiger partial charge on any atom is -0.497 e. The zero-order valence-corrected chi connectivity index (χ0v) is 12.5. The molecular weight excluding hydrogens is 234 g/mol. The monoisotopic (exact) mass is 260 g/mol. The molecule has 1 aromatic rings. The Bertz CT molecular complexity index is 365. The van der Waals surface area contributed by atoms with Gasteiger partial charge < -0.3 is 9.64 Å². The molecule has 0 aromatic heterocycles. The van der Waals surface area contributed by atoms with Crippen LogP contribution < -0.4 is 4.74 Å². The molecule has 105 valence electrons. The molecule has 0 amide bonds. The summed E-state index contributed by atoms with van der Waals surface area (Å²) in [6.45, 7) is 1.11. The average molecular weight is 260 g/mol. The molecule has 0 saturated heterocycles. The van der Waals surface area contributed by atoms with Crippen LogP contribution in [0.4, 0.5) is 0 Å². The molecule has 1 aliphatic rings. The molecule has 1 atom stereocenters. The third-order valence-corrected chi connectivity index (χ3v) is 4.05. The van der Waals surface area contributed by atoms with Crippen LogP contribution >= 0.6 is 0 Å². The molecule has 0 spiro atoms. The Labute approximate surface area is 117 Å². The molecule has 0 bridgehead atoms. The minimum absolute atomic E-state index is 0.584. The lowest BCUT2D eigenvalue weighted by molar-refractivity contribution is 0.351. The van der Waals surface area contributed by atoms with E-state index in [1.807, 2.05) is 0 Å². The Kier molecular flexibility index (Phi) is 5.26. The Balaban J connectivity index is 2.14. The van der Waals surface area contributed by atoms with Gasteiger partial charge >= 0.3 is 0 Å². The highest BCUT2D eigenvalue weighted by atomic mass is 16.5. The quantitative estimate of drug-likeness (QED) is 0.796. The summed E-state index contributed by atoms with van der Waals surface area (Å²) in [5, 5.41) is 0. The number of hydrogen-bond donors (Lipinski definition) is 0. The van der Waals surface area contributed by atoms with Gasteiger partial charge in [-0.25, -0.2) is 0 Å². The van der Waals surface area contributed by atoms with E-state index < -0.39 is 0 Å². The van der Waals surface area contributed by atoms with E-state index in [1.165, 1.54) is 37.7 Å². The maximum atomic E-state index is 5.26. The van der Waals surface area contributed by atoms with Crippen molar-refractivity contribution in [3.8, 4) is 5.75 Å². The molecule has 0 N–H and O–H groups in total. The first kappa shape index (κ1) is 14.4. The van der Waals surface area contributed by atoms with E-state index in [1.54, 1.807) is 13.0 Å². The van der Waals surface area contributed by atoms with E-state index in [2.05, 4.69) is 43.3 Å². The van der Waals surface area contributed by atoms with Crippen LogP contribution in [-0.4, -0.2) is 32.6 Å². The summed E-state index contributed by atoms with van der Waals surface area (Å²) in [5.74, 6) is 3.27. The number of benzene rings is 1. The van der Waals surface area contributed by atoms with Crippen molar-refractivity contribution in [2.75, 3.05) is 27.7 Å². The van der Waals surface area contributed by atoms with Gasteiger partial charge in [0.2, 0.25) is 0 Å². The normalized spacial score (nSPS) is 18.5. The summed E-state index contributed by atoms with van der Waals surface area (Å²) < 4.78 is 5.26. The molecule has 0 aliphatic heterocycles. The molecule has 2 heteroatoms. The van der Waals surface area contributed by atoms with Gasteiger partial charge in [-0.15, -0.1) is 0 Å². The molecule has 1 radical (unpaired) electrons. The van der Waals surface area contributed by atoms with Gasteiger partial charge in [-0.05, 0) is 50.6 Å². The smallest absolute Gasteiger partial charge is 0.118 e. The van der Waals surface area contributed by atoms with Gasteiger partial charge in [-0.1, -0.05) is 31.4 Å². The molecule has 2 rings (SSSR count). The zero-order valence-electron chi connectivity index (χ0n) is 12.5. The standard InChI is InChI=1S/C17H26NO/c1-18(2)13-17(14-7-5-4-6-8-14)15-9-11-16(19-3)12-10-15/h9-12,17H,4-8,13H2,1-3H3. The van der Waals surface area contributed by atoms with Gasteiger partial charge in [0.25, 0.3) is 0 Å². The van der Waals surface area contributed by atoms with Crippen LogP contribution in [0, 0.1) is 5.92 Å². The second-order valence-corrected chi connectivity index (χ2v) is 5.81. The third kappa shape index (κ3) is 3.97. The first-order valence-corrected chi connectivity index (χ1v) is 7.34. The number of hydrogen-bond acceptors (Lipinski definition) is 2. The lowest BCUT2D eigenvalue weighted by Crippen LogP contribution is -2.26. The molecule has 2 nitrogen and oxygen atoms in total. The van der Waals surface area contributed by atoms with Crippen molar-refractivity contribution in [3.63, 3.8) is 0 Å². The van der Waals surface area contributed by atoms with Crippen molar-refractivity contribution < 1.29 is 4.74 Å². The summed E-state index contributed by atoms with van der Waals surface area (Å²) in [6, 6.07) is 8.63. The predicted octanol–water partition coefficient (Wildman–Crippen LogP) is 3.88. The van der Waals surface area contributed by atoms with Crippen LogP contribution in [0.2, 0.25) is 0 Å². The largest absolute Gasteiger partial charge is 0.497 e. The number of methoxy groups -OCH3 is 1. The summed E-state index contributed by atoms with van der Waals surface area (Å²) in [6.07, 6.45) is 6.76. The van der Waals surface area contributed by atoms with Crippen molar-refractivity contribution in [2.45, 2.75) is 38.0 Å². The maximum absolute atomic E-state index is 5.26. The molecular formula is C17H26NO. The van der Waals surface area contributed by atoms with E-state index in [-0.39, 0.29) is 0 Å². The van der Waals surface area contributed by atoms with Crippen LogP contribution in [-0.2, 0) is 0 Å². The van der Waals surface area contributed by atoms with E-state index in [4.69, 9.17) is 4.74 Å². The number of ether oxygens (including phenoxy) is 1. The Morgan fingerprint density at radius 3 is 2.21 bits per heavy atom. The molecule has 1 saturated carbocycles. The van der Waals surface area contributed by atoms with Crippen molar-refractivity contribution in [2.24, 2.45) is 0 Å². The van der Waals surface area contributed by atoms with Gasteiger partial charge in [0.1, 0.15) is 5.75 Å². The summed E-state index contributed by atoms with van der Waals surface area (Å²) in [5.41, 5.74) is 1.44. The minimum atomic E-state index is 0.584. The topological polar surface area (TPSA) is 12.5 Å². The first-order valence-electron chi connectivity index (χ1n) is 7.34. The molecule has 1 aliphatic carbocycles. The van der Waals surface area contributed by atoms with E-state index in [0.717, 1.165) is 12.3 Å². The van der Waals surface area contributed by atoms with Gasteiger partial charge in [0, 0.05) is 12.5 Å². The van der Waals surface area contributed by atoms with Crippen LogP contribution in [0.25, 0.3) is 0 Å². The fraction of sp³-hybridized carbons (Fsp3) is 0.588. The van der Waals surface area contributed by atoms with Crippen molar-refractivity contribution in [1.82, 2.24) is 4.90 Å². The Morgan fingerprint density at radius 2 is 1.68 bits per heavy atom. The predicted molar refractivity (Wildman–Crippen MR) is 80.6 cm³/mol. The number of nitrogens with zero attached hydrogens (tertiary/aromatic N) is 1.